The lowest BCUT2D eigenvalue weighted by atomic mass is 9.62. The Morgan fingerprint density at radius 1 is 1.10 bits per heavy atom. The maximum atomic E-state index is 13.4. The van der Waals surface area contributed by atoms with E-state index in [-0.39, 0.29) is 29.4 Å². The summed E-state index contributed by atoms with van der Waals surface area (Å²) >= 11 is 0. The predicted molar refractivity (Wildman–Crippen MR) is 111 cm³/mol. The molecule has 2 aliphatic rings. The van der Waals surface area contributed by atoms with E-state index in [1.54, 1.807) is 17.0 Å². The second kappa shape index (κ2) is 7.83. The van der Waals surface area contributed by atoms with Gasteiger partial charge in [-0.15, -0.1) is 0 Å². The molecule has 0 aromatic heterocycles. The number of urea groups is 1. The number of phenolic OH excluding ortho intramolecular Hbond substituents is 1. The lowest BCUT2D eigenvalue weighted by Gasteiger charge is -2.60. The van der Waals surface area contributed by atoms with Crippen molar-refractivity contribution in [3.05, 3.63) is 59.7 Å². The van der Waals surface area contributed by atoms with Gasteiger partial charge in [0.1, 0.15) is 5.75 Å². The molecule has 0 bridgehead atoms. The van der Waals surface area contributed by atoms with E-state index in [1.165, 1.54) is 6.07 Å². The Bertz CT molecular complexity index is 1000. The second-order valence-electron chi connectivity index (χ2n) is 8.50. The number of rotatable bonds is 3. The molecule has 2 saturated heterocycles. The van der Waals surface area contributed by atoms with Crippen molar-refractivity contribution in [1.82, 2.24) is 9.80 Å². The molecule has 0 aliphatic carbocycles. The van der Waals surface area contributed by atoms with Crippen molar-refractivity contribution >= 4 is 17.6 Å². The number of β-lactam (4-membered cyclic amide) rings is 1. The SMILES string of the molecule is CC(C)N1C(=O)C2(CCN(C(=O)Nc3ccc(F)c(F)c3)CC2)C1c1ccc(O)cc1. The van der Waals surface area contributed by atoms with Gasteiger partial charge in [-0.05, 0) is 56.5 Å². The summed E-state index contributed by atoms with van der Waals surface area (Å²) in [5.74, 6) is -1.75. The molecule has 2 aromatic rings. The van der Waals surface area contributed by atoms with E-state index in [9.17, 15) is 23.5 Å². The summed E-state index contributed by atoms with van der Waals surface area (Å²) in [5.41, 5.74) is 0.558. The fraction of sp³-hybridized carbons (Fsp3) is 0.391. The van der Waals surface area contributed by atoms with E-state index in [4.69, 9.17) is 0 Å². The van der Waals surface area contributed by atoms with E-state index in [0.717, 1.165) is 17.7 Å². The summed E-state index contributed by atoms with van der Waals surface area (Å²) in [6.07, 6.45) is 1.01. The lowest BCUT2D eigenvalue weighted by Crippen LogP contribution is -2.68. The van der Waals surface area contributed by atoms with Gasteiger partial charge in [0, 0.05) is 30.9 Å². The number of amides is 3. The van der Waals surface area contributed by atoms with E-state index < -0.39 is 23.1 Å². The molecular formula is C23H25F2N3O3. The zero-order chi connectivity index (χ0) is 22.3. The maximum absolute atomic E-state index is 13.4. The van der Waals surface area contributed by atoms with Crippen molar-refractivity contribution < 1.29 is 23.5 Å². The van der Waals surface area contributed by atoms with Crippen molar-refractivity contribution in [2.24, 2.45) is 5.41 Å². The van der Waals surface area contributed by atoms with Crippen molar-refractivity contribution in [1.29, 1.82) is 0 Å². The highest BCUT2D eigenvalue weighted by Gasteiger charge is 2.62. The summed E-state index contributed by atoms with van der Waals surface area (Å²) in [6.45, 7) is 4.70. The monoisotopic (exact) mass is 429 g/mol. The molecule has 1 spiro atoms. The average Bonchev–Trinajstić information content (AvgIpc) is 2.75. The number of carbonyl (C=O) groups is 2. The van der Waals surface area contributed by atoms with Gasteiger partial charge in [-0.2, -0.15) is 0 Å². The van der Waals surface area contributed by atoms with Crippen LogP contribution in [0.2, 0.25) is 0 Å². The van der Waals surface area contributed by atoms with Crippen molar-refractivity contribution in [2.75, 3.05) is 18.4 Å². The molecule has 8 heteroatoms. The highest BCUT2D eigenvalue weighted by atomic mass is 19.2. The summed E-state index contributed by atoms with van der Waals surface area (Å²) in [6, 6.07) is 9.64. The molecule has 2 N–H and O–H groups in total. The van der Waals surface area contributed by atoms with Gasteiger partial charge in [0.05, 0.1) is 11.5 Å². The quantitative estimate of drug-likeness (QED) is 0.716. The average molecular weight is 429 g/mol. The van der Waals surface area contributed by atoms with Gasteiger partial charge >= 0.3 is 6.03 Å². The molecule has 2 heterocycles. The van der Waals surface area contributed by atoms with Gasteiger partial charge in [-0.25, -0.2) is 13.6 Å². The Hall–Kier alpha value is -3.16. The third kappa shape index (κ3) is 3.60. The number of phenols is 1. The first kappa shape index (κ1) is 21.1. The summed E-state index contributed by atoms with van der Waals surface area (Å²) in [7, 11) is 0. The Kier molecular flexibility index (Phi) is 5.33. The number of nitrogens with one attached hydrogen (secondary N) is 1. The van der Waals surface area contributed by atoms with Gasteiger partial charge < -0.3 is 20.2 Å². The number of carbonyl (C=O) groups excluding carboxylic acids is 2. The molecule has 3 amide bonds. The van der Waals surface area contributed by atoms with Gasteiger partial charge in [-0.3, -0.25) is 4.79 Å². The molecule has 1 unspecified atom stereocenters. The van der Waals surface area contributed by atoms with Gasteiger partial charge in [0.25, 0.3) is 0 Å². The number of halogens is 2. The van der Waals surface area contributed by atoms with Crippen LogP contribution in [-0.4, -0.2) is 46.0 Å². The normalized spacial score (nSPS) is 20.2. The molecule has 2 aliphatic heterocycles. The fourth-order valence-corrected chi connectivity index (χ4v) is 4.73. The molecule has 0 radical (unpaired) electrons. The van der Waals surface area contributed by atoms with Crippen molar-refractivity contribution in [2.45, 2.75) is 38.8 Å². The number of piperidine rings is 1. The fourth-order valence-electron chi connectivity index (χ4n) is 4.73. The minimum atomic E-state index is -1.03. The van der Waals surface area contributed by atoms with Crippen molar-refractivity contribution in [3.8, 4) is 5.75 Å². The van der Waals surface area contributed by atoms with Gasteiger partial charge in [0.2, 0.25) is 5.91 Å². The molecular weight excluding hydrogens is 404 g/mol. The van der Waals surface area contributed by atoms with Crippen molar-refractivity contribution in [3.63, 3.8) is 0 Å². The zero-order valence-electron chi connectivity index (χ0n) is 17.4. The van der Waals surface area contributed by atoms with Gasteiger partial charge in [0.15, 0.2) is 11.6 Å². The minimum absolute atomic E-state index is 0.0339. The van der Waals surface area contributed by atoms with E-state index in [1.807, 2.05) is 30.9 Å². The maximum Gasteiger partial charge on any atom is 0.321 e. The van der Waals surface area contributed by atoms with Crippen LogP contribution < -0.4 is 5.32 Å². The summed E-state index contributed by atoms with van der Waals surface area (Å²) < 4.78 is 26.5. The van der Waals surface area contributed by atoms with Crippen LogP contribution in [0.25, 0.3) is 0 Å². The van der Waals surface area contributed by atoms with E-state index in [2.05, 4.69) is 5.32 Å². The van der Waals surface area contributed by atoms with Crippen LogP contribution in [0.4, 0.5) is 19.3 Å². The smallest absolute Gasteiger partial charge is 0.321 e. The highest BCUT2D eigenvalue weighted by molar-refractivity contribution is 5.92. The number of likely N-dealkylation sites (tertiary alicyclic amines) is 2. The van der Waals surface area contributed by atoms with Crippen LogP contribution in [-0.2, 0) is 4.79 Å². The largest absolute Gasteiger partial charge is 0.508 e. The molecule has 2 fully saturated rings. The molecule has 164 valence electrons. The molecule has 0 saturated carbocycles. The Labute approximate surface area is 179 Å². The van der Waals surface area contributed by atoms with Crippen LogP contribution in [0.3, 0.4) is 0 Å². The number of benzene rings is 2. The number of hydrogen-bond donors (Lipinski definition) is 2. The Balaban J connectivity index is 1.48. The first-order valence-electron chi connectivity index (χ1n) is 10.4. The highest BCUT2D eigenvalue weighted by Crippen LogP contribution is 2.56. The van der Waals surface area contributed by atoms with Crippen LogP contribution in [0, 0.1) is 17.0 Å². The van der Waals surface area contributed by atoms with Crippen LogP contribution in [0.15, 0.2) is 42.5 Å². The van der Waals surface area contributed by atoms with E-state index in [0.29, 0.717) is 25.9 Å². The second-order valence-corrected chi connectivity index (χ2v) is 8.50. The summed E-state index contributed by atoms with van der Waals surface area (Å²) in [4.78, 5) is 29.2. The minimum Gasteiger partial charge on any atom is -0.508 e. The van der Waals surface area contributed by atoms with Gasteiger partial charge in [-0.1, -0.05) is 12.1 Å². The number of nitrogens with zero attached hydrogens (tertiary/aromatic N) is 2. The summed E-state index contributed by atoms with van der Waals surface area (Å²) in [5, 5.41) is 12.2. The number of aromatic hydroxyl groups is 1. The molecule has 1 atom stereocenters. The number of hydrogen-bond acceptors (Lipinski definition) is 3. The lowest BCUT2D eigenvalue weighted by molar-refractivity contribution is -0.184. The van der Waals surface area contributed by atoms with E-state index >= 15 is 0 Å². The topological polar surface area (TPSA) is 72.9 Å². The third-order valence-electron chi connectivity index (χ3n) is 6.34. The van der Waals surface area contributed by atoms with Crippen LogP contribution >= 0.6 is 0 Å². The Morgan fingerprint density at radius 2 is 1.74 bits per heavy atom. The molecule has 6 nitrogen and oxygen atoms in total. The van der Waals surface area contributed by atoms with Crippen LogP contribution in [0.1, 0.15) is 38.3 Å². The Morgan fingerprint density at radius 3 is 2.32 bits per heavy atom. The zero-order valence-corrected chi connectivity index (χ0v) is 17.4. The standard InChI is InChI=1S/C23H25F2N3O3/c1-14(2)28-20(15-3-6-17(29)7-4-15)23(21(28)30)9-11-27(12-10-23)22(31)26-16-5-8-18(24)19(25)13-16/h3-8,13-14,20,29H,9-12H2,1-2H3,(H,26,31). The first-order valence-corrected chi connectivity index (χ1v) is 10.4. The molecule has 2 aromatic carbocycles. The predicted octanol–water partition coefficient (Wildman–Crippen LogP) is 4.28. The first-order chi connectivity index (χ1) is 14.7. The third-order valence-corrected chi connectivity index (χ3v) is 6.34. The van der Waals surface area contributed by atoms with Crippen LogP contribution in [0.5, 0.6) is 5.75 Å². The molecule has 4 rings (SSSR count). The number of anilines is 1. The molecule has 31 heavy (non-hydrogen) atoms.